The van der Waals surface area contributed by atoms with E-state index in [-0.39, 0.29) is 5.56 Å². The van der Waals surface area contributed by atoms with Gasteiger partial charge in [-0.25, -0.2) is 4.98 Å². The molecule has 0 unspecified atom stereocenters. The standard InChI is InChI=1S/C8H11N3O/c12-8-7(9-4-5-10-8)11-6-2-1-3-6/h4-6H,1-3H2,(H,9,11)(H,10,12). The maximum absolute atomic E-state index is 11.1. The van der Waals surface area contributed by atoms with Gasteiger partial charge in [0.2, 0.25) is 0 Å². The summed E-state index contributed by atoms with van der Waals surface area (Å²) in [6.45, 7) is 0. The molecule has 1 aromatic heterocycles. The van der Waals surface area contributed by atoms with Gasteiger partial charge in [0.15, 0.2) is 5.82 Å². The van der Waals surface area contributed by atoms with Crippen molar-refractivity contribution in [2.24, 2.45) is 0 Å². The lowest BCUT2D eigenvalue weighted by atomic mass is 9.93. The van der Waals surface area contributed by atoms with Gasteiger partial charge in [-0.1, -0.05) is 0 Å². The molecule has 1 aliphatic carbocycles. The van der Waals surface area contributed by atoms with Gasteiger partial charge in [-0.15, -0.1) is 0 Å². The summed E-state index contributed by atoms with van der Waals surface area (Å²) in [5.74, 6) is 0.446. The number of rotatable bonds is 2. The van der Waals surface area contributed by atoms with E-state index in [4.69, 9.17) is 0 Å². The summed E-state index contributed by atoms with van der Waals surface area (Å²) in [4.78, 5) is 17.6. The Labute approximate surface area is 70.0 Å². The third-order valence-electron chi connectivity index (χ3n) is 2.15. The second-order valence-electron chi connectivity index (χ2n) is 3.04. The van der Waals surface area contributed by atoms with Gasteiger partial charge in [0.05, 0.1) is 0 Å². The summed E-state index contributed by atoms with van der Waals surface area (Å²) in [6.07, 6.45) is 6.67. The summed E-state index contributed by atoms with van der Waals surface area (Å²) in [5, 5.41) is 3.09. The van der Waals surface area contributed by atoms with Gasteiger partial charge in [0.1, 0.15) is 0 Å². The molecule has 4 heteroatoms. The van der Waals surface area contributed by atoms with E-state index in [1.165, 1.54) is 12.6 Å². The molecular weight excluding hydrogens is 154 g/mol. The Hall–Kier alpha value is -1.32. The number of nitrogens with zero attached hydrogens (tertiary/aromatic N) is 1. The van der Waals surface area contributed by atoms with E-state index in [9.17, 15) is 4.79 Å². The second-order valence-corrected chi connectivity index (χ2v) is 3.04. The van der Waals surface area contributed by atoms with Gasteiger partial charge in [-0.05, 0) is 19.3 Å². The summed E-state index contributed by atoms with van der Waals surface area (Å²) in [5.41, 5.74) is -0.135. The molecule has 2 rings (SSSR count). The van der Waals surface area contributed by atoms with E-state index in [2.05, 4.69) is 15.3 Å². The van der Waals surface area contributed by atoms with Crippen LogP contribution in [0.4, 0.5) is 5.82 Å². The van der Waals surface area contributed by atoms with Crippen molar-refractivity contribution in [2.45, 2.75) is 25.3 Å². The normalized spacial score (nSPS) is 17.0. The zero-order valence-electron chi connectivity index (χ0n) is 6.71. The molecule has 0 aliphatic heterocycles. The van der Waals surface area contributed by atoms with Crippen LogP contribution in [0, 0.1) is 0 Å². The lowest BCUT2D eigenvalue weighted by Crippen LogP contribution is -2.30. The van der Waals surface area contributed by atoms with Crippen LogP contribution in [0.3, 0.4) is 0 Å². The van der Waals surface area contributed by atoms with Crippen molar-refractivity contribution < 1.29 is 0 Å². The van der Waals surface area contributed by atoms with Crippen molar-refractivity contribution in [1.82, 2.24) is 9.97 Å². The van der Waals surface area contributed by atoms with Crippen molar-refractivity contribution in [3.8, 4) is 0 Å². The Balaban J connectivity index is 2.11. The van der Waals surface area contributed by atoms with Crippen molar-refractivity contribution in [2.75, 3.05) is 5.32 Å². The maximum Gasteiger partial charge on any atom is 0.290 e. The lowest BCUT2D eigenvalue weighted by Gasteiger charge is -2.26. The van der Waals surface area contributed by atoms with Crippen LogP contribution in [0.15, 0.2) is 17.2 Å². The molecule has 1 heterocycles. The molecule has 64 valence electrons. The minimum absolute atomic E-state index is 0.135. The van der Waals surface area contributed by atoms with E-state index in [1.54, 1.807) is 6.20 Å². The SMILES string of the molecule is O=c1[nH]ccnc1NC1CCC1. The quantitative estimate of drug-likeness (QED) is 0.679. The van der Waals surface area contributed by atoms with Gasteiger partial charge >= 0.3 is 0 Å². The Morgan fingerprint density at radius 2 is 2.42 bits per heavy atom. The van der Waals surface area contributed by atoms with E-state index in [1.807, 2.05) is 0 Å². The predicted molar refractivity (Wildman–Crippen MR) is 46.1 cm³/mol. The van der Waals surface area contributed by atoms with Crippen LogP contribution in [0.5, 0.6) is 0 Å². The predicted octanol–water partition coefficient (Wildman–Crippen LogP) is 0.734. The highest BCUT2D eigenvalue weighted by atomic mass is 16.1. The highest BCUT2D eigenvalue weighted by molar-refractivity contribution is 5.32. The van der Waals surface area contributed by atoms with E-state index < -0.39 is 0 Å². The molecule has 1 fully saturated rings. The molecule has 0 aromatic carbocycles. The largest absolute Gasteiger partial charge is 0.363 e. The average Bonchev–Trinajstić information content (AvgIpc) is 2.00. The first-order chi connectivity index (χ1) is 5.86. The summed E-state index contributed by atoms with van der Waals surface area (Å²) < 4.78 is 0. The molecular formula is C8H11N3O. The van der Waals surface area contributed by atoms with Crippen LogP contribution in [-0.2, 0) is 0 Å². The smallest absolute Gasteiger partial charge is 0.290 e. The molecule has 12 heavy (non-hydrogen) atoms. The van der Waals surface area contributed by atoms with Crippen molar-refractivity contribution in [1.29, 1.82) is 0 Å². The third-order valence-corrected chi connectivity index (χ3v) is 2.15. The van der Waals surface area contributed by atoms with Gasteiger partial charge in [0, 0.05) is 18.4 Å². The Morgan fingerprint density at radius 1 is 1.58 bits per heavy atom. The molecule has 0 spiro atoms. The minimum Gasteiger partial charge on any atom is -0.363 e. The van der Waals surface area contributed by atoms with E-state index in [0.717, 1.165) is 12.8 Å². The number of aromatic amines is 1. The van der Waals surface area contributed by atoms with E-state index >= 15 is 0 Å². The number of H-pyrrole nitrogens is 1. The Bertz CT molecular complexity index is 316. The number of anilines is 1. The van der Waals surface area contributed by atoms with Crippen molar-refractivity contribution in [3.05, 3.63) is 22.7 Å². The molecule has 0 radical (unpaired) electrons. The zero-order valence-corrected chi connectivity index (χ0v) is 6.71. The average molecular weight is 165 g/mol. The van der Waals surface area contributed by atoms with Crippen LogP contribution in [0.1, 0.15) is 19.3 Å². The molecule has 0 atom stereocenters. The molecule has 0 saturated heterocycles. The van der Waals surface area contributed by atoms with Gasteiger partial charge in [-0.2, -0.15) is 0 Å². The highest BCUT2D eigenvalue weighted by Crippen LogP contribution is 2.20. The van der Waals surface area contributed by atoms with Crippen LogP contribution < -0.4 is 10.9 Å². The molecule has 0 amide bonds. The molecule has 1 saturated carbocycles. The monoisotopic (exact) mass is 165 g/mol. The Morgan fingerprint density at radius 3 is 3.00 bits per heavy atom. The van der Waals surface area contributed by atoms with Gasteiger partial charge in [0.25, 0.3) is 5.56 Å². The summed E-state index contributed by atoms with van der Waals surface area (Å²) in [6, 6.07) is 0.459. The zero-order chi connectivity index (χ0) is 8.39. The second kappa shape index (κ2) is 2.97. The van der Waals surface area contributed by atoms with Crippen LogP contribution in [0.2, 0.25) is 0 Å². The van der Waals surface area contributed by atoms with Crippen molar-refractivity contribution >= 4 is 5.82 Å². The first kappa shape index (κ1) is 7.34. The molecule has 0 bridgehead atoms. The molecule has 1 aromatic rings. The Kier molecular flexibility index (Phi) is 1.81. The number of nitrogens with one attached hydrogen (secondary N) is 2. The topological polar surface area (TPSA) is 57.8 Å². The first-order valence-corrected chi connectivity index (χ1v) is 4.16. The fourth-order valence-electron chi connectivity index (χ4n) is 1.20. The number of hydrogen-bond donors (Lipinski definition) is 2. The lowest BCUT2D eigenvalue weighted by molar-refractivity contribution is 0.444. The van der Waals surface area contributed by atoms with Crippen LogP contribution in [-0.4, -0.2) is 16.0 Å². The first-order valence-electron chi connectivity index (χ1n) is 4.16. The number of aromatic nitrogens is 2. The molecule has 2 N–H and O–H groups in total. The van der Waals surface area contributed by atoms with Crippen molar-refractivity contribution in [3.63, 3.8) is 0 Å². The van der Waals surface area contributed by atoms with Crippen LogP contribution in [0.25, 0.3) is 0 Å². The third kappa shape index (κ3) is 1.32. The maximum atomic E-state index is 11.1. The molecule has 1 aliphatic rings. The fourth-order valence-corrected chi connectivity index (χ4v) is 1.20. The highest BCUT2D eigenvalue weighted by Gasteiger charge is 2.18. The fraction of sp³-hybridized carbons (Fsp3) is 0.500. The molecule has 4 nitrogen and oxygen atoms in total. The minimum atomic E-state index is -0.135. The van der Waals surface area contributed by atoms with E-state index in [0.29, 0.717) is 11.9 Å². The summed E-state index contributed by atoms with van der Waals surface area (Å²) in [7, 11) is 0. The van der Waals surface area contributed by atoms with Crippen LogP contribution >= 0.6 is 0 Å². The number of hydrogen-bond acceptors (Lipinski definition) is 3. The van der Waals surface area contributed by atoms with Gasteiger partial charge < -0.3 is 10.3 Å². The van der Waals surface area contributed by atoms with Gasteiger partial charge in [-0.3, -0.25) is 4.79 Å². The summed E-state index contributed by atoms with van der Waals surface area (Å²) >= 11 is 0.